The maximum absolute atomic E-state index is 13.8. The van der Waals surface area contributed by atoms with Crippen LogP contribution in [0.1, 0.15) is 25.2 Å². The molecule has 2 atom stereocenters. The quantitative estimate of drug-likeness (QED) is 0.804. The van der Waals surface area contributed by atoms with E-state index in [4.69, 9.17) is 4.42 Å². The van der Waals surface area contributed by atoms with E-state index in [1.54, 1.807) is 18.2 Å². The maximum Gasteiger partial charge on any atom is 0.223 e. The van der Waals surface area contributed by atoms with Gasteiger partial charge in [0.25, 0.3) is 0 Å². The van der Waals surface area contributed by atoms with Crippen molar-refractivity contribution in [2.24, 2.45) is 11.8 Å². The first-order valence-corrected chi connectivity index (χ1v) is 9.39. The van der Waals surface area contributed by atoms with Gasteiger partial charge in [0.2, 0.25) is 5.91 Å². The van der Waals surface area contributed by atoms with Crippen molar-refractivity contribution in [3.05, 3.63) is 42.2 Å². The highest BCUT2D eigenvalue weighted by atomic mass is 35.5. The van der Waals surface area contributed by atoms with Gasteiger partial charge in [-0.1, -0.05) is 12.1 Å². The first kappa shape index (κ1) is 22.7. The van der Waals surface area contributed by atoms with Gasteiger partial charge in [-0.05, 0) is 49.9 Å². The smallest absolute Gasteiger partial charge is 0.223 e. The third-order valence-corrected chi connectivity index (χ3v) is 5.62. The Hall–Kier alpha value is -1.63. The minimum Gasteiger partial charge on any atom is -0.441 e. The molecule has 0 saturated carbocycles. The second-order valence-corrected chi connectivity index (χ2v) is 7.23. The SMILES string of the molecule is Cl.Cl.O=C(CCc1ncc(-c2ccccc2F)o1)N1CC[C@@H]2CNC[C@@H]2CC1. The fraction of sp³-hybridized carbons (Fsp3) is 0.500. The van der Waals surface area contributed by atoms with Crippen molar-refractivity contribution < 1.29 is 13.6 Å². The number of fused-ring (bicyclic) bond motifs is 1. The summed E-state index contributed by atoms with van der Waals surface area (Å²) < 4.78 is 19.5. The van der Waals surface area contributed by atoms with Gasteiger partial charge in [-0.15, -0.1) is 24.8 Å². The van der Waals surface area contributed by atoms with E-state index in [0.29, 0.717) is 41.9 Å². The molecule has 0 bridgehead atoms. The molecule has 4 rings (SSSR count). The van der Waals surface area contributed by atoms with Gasteiger partial charge in [-0.2, -0.15) is 0 Å². The number of aromatic nitrogens is 1. The topological polar surface area (TPSA) is 58.4 Å². The van der Waals surface area contributed by atoms with Crippen LogP contribution in [0.3, 0.4) is 0 Å². The molecule has 1 amide bonds. The Morgan fingerprint density at radius 1 is 1.18 bits per heavy atom. The lowest BCUT2D eigenvalue weighted by Crippen LogP contribution is -2.32. The molecule has 2 aromatic rings. The van der Waals surface area contributed by atoms with Crippen molar-refractivity contribution in [1.29, 1.82) is 0 Å². The lowest BCUT2D eigenvalue weighted by atomic mass is 9.92. The third kappa shape index (κ3) is 5.04. The first-order chi connectivity index (χ1) is 12.7. The zero-order valence-corrected chi connectivity index (χ0v) is 17.2. The standard InChI is InChI=1S/C20H24FN3O2.2ClH/c21-17-4-2-1-3-16(17)18-13-23-19(26-18)5-6-20(25)24-9-7-14-11-22-12-15(14)8-10-24;;/h1-4,13-15,22H,5-12H2;2*1H/t14-,15+;;. The number of carbonyl (C=O) groups is 1. The van der Waals surface area contributed by atoms with E-state index in [9.17, 15) is 9.18 Å². The highest BCUT2D eigenvalue weighted by Gasteiger charge is 2.31. The largest absolute Gasteiger partial charge is 0.441 e. The molecule has 2 aliphatic rings. The lowest BCUT2D eigenvalue weighted by Gasteiger charge is -2.20. The van der Waals surface area contributed by atoms with Crippen molar-refractivity contribution in [2.75, 3.05) is 26.2 Å². The number of amides is 1. The van der Waals surface area contributed by atoms with Crippen molar-refractivity contribution in [1.82, 2.24) is 15.2 Å². The van der Waals surface area contributed by atoms with Gasteiger partial charge < -0.3 is 14.6 Å². The predicted octanol–water partition coefficient (Wildman–Crippen LogP) is 3.71. The van der Waals surface area contributed by atoms with Crippen LogP contribution in [0.2, 0.25) is 0 Å². The van der Waals surface area contributed by atoms with Crippen molar-refractivity contribution in [3.63, 3.8) is 0 Å². The average Bonchev–Trinajstić information content (AvgIpc) is 3.26. The van der Waals surface area contributed by atoms with E-state index in [1.807, 2.05) is 4.90 Å². The highest BCUT2D eigenvalue weighted by molar-refractivity contribution is 5.85. The van der Waals surface area contributed by atoms with Gasteiger partial charge in [0.15, 0.2) is 11.7 Å². The summed E-state index contributed by atoms with van der Waals surface area (Å²) in [6, 6.07) is 6.45. The molecule has 1 N–H and O–H groups in total. The lowest BCUT2D eigenvalue weighted by molar-refractivity contribution is -0.131. The molecule has 0 spiro atoms. The fourth-order valence-corrected chi connectivity index (χ4v) is 4.05. The Bertz CT molecular complexity index is 772. The molecule has 2 fully saturated rings. The maximum atomic E-state index is 13.8. The molecule has 2 aliphatic heterocycles. The summed E-state index contributed by atoms with van der Waals surface area (Å²) in [6.45, 7) is 3.85. The van der Waals surface area contributed by atoms with Crippen LogP contribution < -0.4 is 5.32 Å². The monoisotopic (exact) mass is 429 g/mol. The molecule has 0 aliphatic carbocycles. The van der Waals surface area contributed by atoms with E-state index in [0.717, 1.165) is 39.0 Å². The number of hydrogen-bond acceptors (Lipinski definition) is 4. The number of nitrogens with zero attached hydrogens (tertiary/aromatic N) is 2. The fourth-order valence-electron chi connectivity index (χ4n) is 4.05. The number of halogens is 3. The Balaban J connectivity index is 0.00000140. The third-order valence-electron chi connectivity index (χ3n) is 5.62. The molecule has 8 heteroatoms. The molecular formula is C20H26Cl2FN3O2. The minimum atomic E-state index is -0.337. The van der Waals surface area contributed by atoms with Crippen LogP contribution >= 0.6 is 24.8 Å². The number of carbonyl (C=O) groups excluding carboxylic acids is 1. The Labute approximate surface area is 176 Å². The summed E-state index contributed by atoms with van der Waals surface area (Å²) >= 11 is 0. The molecular weight excluding hydrogens is 404 g/mol. The first-order valence-electron chi connectivity index (χ1n) is 9.39. The van der Waals surface area contributed by atoms with E-state index < -0.39 is 0 Å². The zero-order chi connectivity index (χ0) is 17.9. The van der Waals surface area contributed by atoms with Crippen molar-refractivity contribution in [3.8, 4) is 11.3 Å². The number of hydrogen-bond donors (Lipinski definition) is 1. The molecule has 0 unspecified atom stereocenters. The second-order valence-electron chi connectivity index (χ2n) is 7.23. The van der Waals surface area contributed by atoms with E-state index in [2.05, 4.69) is 10.3 Å². The van der Waals surface area contributed by atoms with Crippen LogP contribution in [0.4, 0.5) is 4.39 Å². The van der Waals surface area contributed by atoms with Crippen LogP contribution in [-0.2, 0) is 11.2 Å². The van der Waals surface area contributed by atoms with Gasteiger partial charge in [0.05, 0.1) is 11.8 Å². The second kappa shape index (κ2) is 10.2. The van der Waals surface area contributed by atoms with Gasteiger partial charge in [0, 0.05) is 25.9 Å². The highest BCUT2D eigenvalue weighted by Crippen LogP contribution is 2.27. The predicted molar refractivity (Wildman–Crippen MR) is 110 cm³/mol. The van der Waals surface area contributed by atoms with Gasteiger partial charge in [-0.25, -0.2) is 9.37 Å². The number of likely N-dealkylation sites (tertiary alicyclic amines) is 1. The summed E-state index contributed by atoms with van der Waals surface area (Å²) in [5.41, 5.74) is 0.394. The molecule has 0 radical (unpaired) electrons. The average molecular weight is 430 g/mol. The number of benzene rings is 1. The van der Waals surface area contributed by atoms with Gasteiger partial charge >= 0.3 is 0 Å². The number of oxazole rings is 1. The van der Waals surface area contributed by atoms with E-state index >= 15 is 0 Å². The summed E-state index contributed by atoms with van der Waals surface area (Å²) in [5.74, 6) is 2.12. The normalized spacial score (nSPS) is 21.2. The van der Waals surface area contributed by atoms with Crippen molar-refractivity contribution >= 4 is 30.7 Å². The Morgan fingerprint density at radius 3 is 2.54 bits per heavy atom. The number of nitrogens with one attached hydrogen (secondary N) is 1. The molecule has 5 nitrogen and oxygen atoms in total. The van der Waals surface area contributed by atoms with E-state index in [-0.39, 0.29) is 36.5 Å². The molecule has 3 heterocycles. The Morgan fingerprint density at radius 2 is 1.86 bits per heavy atom. The zero-order valence-electron chi connectivity index (χ0n) is 15.6. The summed E-state index contributed by atoms with van der Waals surface area (Å²) in [6.07, 6.45) is 4.51. The van der Waals surface area contributed by atoms with Crippen LogP contribution in [0.5, 0.6) is 0 Å². The van der Waals surface area contributed by atoms with Crippen LogP contribution in [0.15, 0.2) is 34.9 Å². The number of aryl methyl sites for hydroxylation is 1. The van der Waals surface area contributed by atoms with Crippen molar-refractivity contribution in [2.45, 2.75) is 25.7 Å². The van der Waals surface area contributed by atoms with Crippen LogP contribution in [-0.4, -0.2) is 42.0 Å². The van der Waals surface area contributed by atoms with E-state index in [1.165, 1.54) is 12.3 Å². The molecule has 1 aromatic heterocycles. The summed E-state index contributed by atoms with van der Waals surface area (Å²) in [4.78, 5) is 18.7. The van der Waals surface area contributed by atoms with Gasteiger partial charge in [0.1, 0.15) is 5.82 Å². The molecule has 2 saturated heterocycles. The summed E-state index contributed by atoms with van der Waals surface area (Å²) in [7, 11) is 0. The molecule has 154 valence electrons. The minimum absolute atomic E-state index is 0. The summed E-state index contributed by atoms with van der Waals surface area (Å²) in [5, 5.41) is 3.45. The van der Waals surface area contributed by atoms with Gasteiger partial charge in [-0.3, -0.25) is 4.79 Å². The molecule has 28 heavy (non-hydrogen) atoms. The molecule has 1 aromatic carbocycles. The number of rotatable bonds is 4. The van der Waals surface area contributed by atoms with Crippen LogP contribution in [0.25, 0.3) is 11.3 Å². The Kier molecular flexibility index (Phi) is 8.28. The van der Waals surface area contributed by atoms with Crippen LogP contribution in [0, 0.1) is 17.7 Å².